The molecule has 0 aliphatic rings. The van der Waals surface area contributed by atoms with Gasteiger partial charge < -0.3 is 5.32 Å². The zero-order valence-electron chi connectivity index (χ0n) is 12.4. The molecule has 0 aliphatic heterocycles. The molecule has 2 N–H and O–H groups in total. The van der Waals surface area contributed by atoms with Gasteiger partial charge in [0.25, 0.3) is 0 Å². The molecule has 1 aromatic carbocycles. The van der Waals surface area contributed by atoms with Gasteiger partial charge in [0, 0.05) is 18.3 Å². The van der Waals surface area contributed by atoms with Crippen LogP contribution >= 0.6 is 11.3 Å². The van der Waals surface area contributed by atoms with Gasteiger partial charge in [0.05, 0.1) is 6.54 Å². The Balaban J connectivity index is 2.02. The maximum Gasteiger partial charge on any atom is 0.250 e. The summed E-state index contributed by atoms with van der Waals surface area (Å²) in [6, 6.07) is 11.0. The number of amides is 1. The van der Waals surface area contributed by atoms with Gasteiger partial charge in [0.15, 0.2) is 0 Å². The van der Waals surface area contributed by atoms with Gasteiger partial charge >= 0.3 is 0 Å². The Labute approximate surface area is 134 Å². The molecule has 0 saturated heterocycles. The molecule has 0 aliphatic carbocycles. The Morgan fingerprint density at radius 2 is 1.95 bits per heavy atom. The van der Waals surface area contributed by atoms with E-state index in [4.69, 9.17) is 0 Å². The van der Waals surface area contributed by atoms with E-state index in [0.717, 1.165) is 27.3 Å². The van der Waals surface area contributed by atoms with E-state index in [9.17, 15) is 13.2 Å². The van der Waals surface area contributed by atoms with E-state index < -0.39 is 10.0 Å². The molecular formula is C15H18N2O3S2. The molecule has 0 spiro atoms. The number of hydrogen-bond acceptors (Lipinski definition) is 4. The van der Waals surface area contributed by atoms with Crippen molar-refractivity contribution in [3.63, 3.8) is 0 Å². The summed E-state index contributed by atoms with van der Waals surface area (Å²) in [6.45, 7) is 3.98. The number of benzene rings is 1. The first kappa shape index (κ1) is 16.7. The van der Waals surface area contributed by atoms with Crippen LogP contribution in [0.15, 0.2) is 40.6 Å². The molecule has 118 valence electrons. The van der Waals surface area contributed by atoms with Crippen molar-refractivity contribution in [2.75, 3.05) is 0 Å². The van der Waals surface area contributed by atoms with Gasteiger partial charge in [-0.1, -0.05) is 29.8 Å². The summed E-state index contributed by atoms with van der Waals surface area (Å²) in [4.78, 5) is 11.7. The molecule has 0 fully saturated rings. The van der Waals surface area contributed by atoms with E-state index in [2.05, 4.69) is 10.0 Å². The number of carbonyl (C=O) groups is 1. The van der Waals surface area contributed by atoms with Crippen LogP contribution < -0.4 is 10.0 Å². The normalized spacial score (nSPS) is 11.4. The third-order valence-corrected chi connectivity index (χ3v) is 5.94. The van der Waals surface area contributed by atoms with Crippen molar-refractivity contribution in [2.45, 2.75) is 31.1 Å². The average molecular weight is 338 g/mol. The molecule has 0 unspecified atom stereocenters. The van der Waals surface area contributed by atoms with Gasteiger partial charge in [-0.05, 0) is 24.6 Å². The summed E-state index contributed by atoms with van der Waals surface area (Å²) in [6.07, 6.45) is 0. The highest BCUT2D eigenvalue weighted by molar-refractivity contribution is 7.91. The van der Waals surface area contributed by atoms with Crippen LogP contribution in [0.25, 0.3) is 0 Å². The van der Waals surface area contributed by atoms with Gasteiger partial charge in [-0.25, -0.2) is 13.1 Å². The second-order valence-corrected chi connectivity index (χ2v) is 8.11. The molecule has 0 saturated carbocycles. The molecule has 1 aromatic heterocycles. The second-order valence-electron chi connectivity index (χ2n) is 4.94. The smallest absolute Gasteiger partial charge is 0.250 e. The second kappa shape index (κ2) is 7.04. The van der Waals surface area contributed by atoms with E-state index in [1.165, 1.54) is 6.92 Å². The number of aryl methyl sites for hydroxylation is 1. The fourth-order valence-corrected chi connectivity index (χ4v) is 4.24. The van der Waals surface area contributed by atoms with Gasteiger partial charge in [0.2, 0.25) is 15.9 Å². The Morgan fingerprint density at radius 3 is 2.64 bits per heavy atom. The predicted octanol–water partition coefficient (Wildman–Crippen LogP) is 2.17. The van der Waals surface area contributed by atoms with E-state index in [1.54, 1.807) is 12.1 Å². The highest BCUT2D eigenvalue weighted by Gasteiger charge is 2.16. The molecule has 7 heteroatoms. The molecule has 0 atom stereocenters. The molecule has 1 amide bonds. The summed E-state index contributed by atoms with van der Waals surface area (Å²) < 4.78 is 27.4. The van der Waals surface area contributed by atoms with E-state index in [0.29, 0.717) is 6.54 Å². The zero-order valence-corrected chi connectivity index (χ0v) is 14.1. The van der Waals surface area contributed by atoms with Crippen molar-refractivity contribution in [3.8, 4) is 0 Å². The third kappa shape index (κ3) is 4.66. The van der Waals surface area contributed by atoms with Crippen LogP contribution in [0.4, 0.5) is 0 Å². The monoisotopic (exact) mass is 338 g/mol. The lowest BCUT2D eigenvalue weighted by Crippen LogP contribution is -2.22. The van der Waals surface area contributed by atoms with Gasteiger partial charge in [0.1, 0.15) is 4.21 Å². The van der Waals surface area contributed by atoms with Crippen LogP contribution in [0, 0.1) is 6.92 Å². The number of nitrogens with one attached hydrogen (secondary N) is 2. The van der Waals surface area contributed by atoms with Crippen LogP contribution in [0.3, 0.4) is 0 Å². The summed E-state index contributed by atoms with van der Waals surface area (Å²) >= 11 is 1.15. The first-order valence-corrected chi connectivity index (χ1v) is 9.05. The first-order chi connectivity index (χ1) is 10.4. The van der Waals surface area contributed by atoms with Crippen molar-refractivity contribution >= 4 is 27.3 Å². The summed E-state index contributed by atoms with van der Waals surface area (Å²) in [5.74, 6) is -0.143. The predicted molar refractivity (Wildman–Crippen MR) is 87.0 cm³/mol. The zero-order chi connectivity index (χ0) is 16.2. The van der Waals surface area contributed by atoms with Crippen molar-refractivity contribution in [3.05, 3.63) is 52.4 Å². The minimum atomic E-state index is -3.53. The maximum atomic E-state index is 12.3. The van der Waals surface area contributed by atoms with Crippen LogP contribution in [0.1, 0.15) is 22.9 Å². The Hall–Kier alpha value is -1.70. The first-order valence-electron chi connectivity index (χ1n) is 6.75. The Bertz CT molecular complexity index is 767. The molecule has 5 nitrogen and oxygen atoms in total. The molecule has 2 rings (SSSR count). The standard InChI is InChI=1S/C15H18N2O3S2/c1-11-4-3-5-13(8-11)9-17-22(19,20)15-7-6-14(21-15)10-16-12(2)18/h3-8,17H,9-10H2,1-2H3,(H,16,18). The lowest BCUT2D eigenvalue weighted by Gasteiger charge is -2.05. The molecular weight excluding hydrogens is 320 g/mol. The SMILES string of the molecule is CC(=O)NCc1ccc(S(=O)(=O)NCc2cccc(C)c2)s1. The van der Waals surface area contributed by atoms with Crippen LogP contribution in [-0.4, -0.2) is 14.3 Å². The van der Waals surface area contributed by atoms with E-state index in [1.807, 2.05) is 31.2 Å². The number of carbonyl (C=O) groups excluding carboxylic acids is 1. The lowest BCUT2D eigenvalue weighted by molar-refractivity contribution is -0.119. The maximum absolute atomic E-state index is 12.3. The van der Waals surface area contributed by atoms with Gasteiger partial charge in [-0.2, -0.15) is 0 Å². The Kier molecular flexibility index (Phi) is 5.33. The van der Waals surface area contributed by atoms with E-state index >= 15 is 0 Å². The average Bonchev–Trinajstić information content (AvgIpc) is 2.93. The summed E-state index contributed by atoms with van der Waals surface area (Å²) in [5, 5.41) is 2.65. The van der Waals surface area contributed by atoms with Crippen molar-refractivity contribution in [1.29, 1.82) is 0 Å². The largest absolute Gasteiger partial charge is 0.351 e. The minimum absolute atomic E-state index is 0.143. The fraction of sp³-hybridized carbons (Fsp3) is 0.267. The number of rotatable bonds is 6. The third-order valence-electron chi connectivity index (χ3n) is 2.96. The molecule has 1 heterocycles. The van der Waals surface area contributed by atoms with Gasteiger partial charge in [-0.3, -0.25) is 4.79 Å². The van der Waals surface area contributed by atoms with Crippen LogP contribution in [-0.2, 0) is 27.9 Å². The fourth-order valence-electron chi connectivity index (χ4n) is 1.88. The Morgan fingerprint density at radius 1 is 1.18 bits per heavy atom. The highest BCUT2D eigenvalue weighted by Crippen LogP contribution is 2.21. The van der Waals surface area contributed by atoms with E-state index in [-0.39, 0.29) is 16.7 Å². The molecule has 0 radical (unpaired) electrons. The summed E-state index contributed by atoms with van der Waals surface area (Å²) in [5.41, 5.74) is 2.00. The number of sulfonamides is 1. The molecule has 22 heavy (non-hydrogen) atoms. The van der Waals surface area contributed by atoms with Crippen molar-refractivity contribution < 1.29 is 13.2 Å². The van der Waals surface area contributed by atoms with Crippen LogP contribution in [0.5, 0.6) is 0 Å². The van der Waals surface area contributed by atoms with Crippen molar-refractivity contribution in [2.24, 2.45) is 0 Å². The minimum Gasteiger partial charge on any atom is -0.351 e. The lowest BCUT2D eigenvalue weighted by atomic mass is 10.1. The topological polar surface area (TPSA) is 75.3 Å². The molecule has 2 aromatic rings. The molecule has 0 bridgehead atoms. The van der Waals surface area contributed by atoms with Crippen molar-refractivity contribution in [1.82, 2.24) is 10.0 Å². The van der Waals surface area contributed by atoms with Gasteiger partial charge in [-0.15, -0.1) is 11.3 Å². The summed E-state index contributed by atoms with van der Waals surface area (Å²) in [7, 11) is -3.53. The van der Waals surface area contributed by atoms with Crippen LogP contribution in [0.2, 0.25) is 0 Å². The quantitative estimate of drug-likeness (QED) is 0.847. The number of hydrogen-bond donors (Lipinski definition) is 2. The highest BCUT2D eigenvalue weighted by atomic mass is 32.2. The number of thiophene rings is 1.